The van der Waals surface area contributed by atoms with Crippen molar-refractivity contribution in [1.82, 2.24) is 10.6 Å². The molecule has 1 heterocycles. The SMILES string of the molecule is CCNC(=NCc1ccc(OC)c(O)c1)NC1CCN(c2ccc(F)cc2F)C1. The van der Waals surface area contributed by atoms with Crippen LogP contribution in [0.5, 0.6) is 11.5 Å². The number of benzene rings is 2. The van der Waals surface area contributed by atoms with E-state index in [1.54, 1.807) is 12.1 Å². The highest BCUT2D eigenvalue weighted by atomic mass is 19.1. The highest BCUT2D eigenvalue weighted by molar-refractivity contribution is 5.80. The molecule has 1 saturated heterocycles. The molecule has 0 saturated carbocycles. The maximum absolute atomic E-state index is 14.0. The number of aromatic hydroxyl groups is 1. The molecule has 1 aliphatic rings. The number of methoxy groups -OCH3 is 1. The maximum atomic E-state index is 14.0. The lowest BCUT2D eigenvalue weighted by molar-refractivity contribution is 0.373. The molecule has 1 unspecified atom stereocenters. The summed E-state index contributed by atoms with van der Waals surface area (Å²) < 4.78 is 32.2. The van der Waals surface area contributed by atoms with Gasteiger partial charge in [0.2, 0.25) is 0 Å². The van der Waals surface area contributed by atoms with E-state index in [1.807, 2.05) is 17.9 Å². The molecule has 0 radical (unpaired) electrons. The monoisotopic (exact) mass is 404 g/mol. The van der Waals surface area contributed by atoms with Crippen LogP contribution >= 0.6 is 0 Å². The number of rotatable bonds is 6. The number of hydrogen-bond donors (Lipinski definition) is 3. The van der Waals surface area contributed by atoms with Crippen LogP contribution in [0.3, 0.4) is 0 Å². The Labute approximate surface area is 169 Å². The predicted molar refractivity (Wildman–Crippen MR) is 110 cm³/mol. The Hall–Kier alpha value is -3.03. The van der Waals surface area contributed by atoms with Crippen LogP contribution in [0.2, 0.25) is 0 Å². The Morgan fingerprint density at radius 1 is 1.28 bits per heavy atom. The molecular weight excluding hydrogens is 378 g/mol. The summed E-state index contributed by atoms with van der Waals surface area (Å²) in [6.45, 7) is 4.33. The lowest BCUT2D eigenvalue weighted by atomic mass is 10.2. The Morgan fingerprint density at radius 2 is 2.10 bits per heavy atom. The zero-order valence-corrected chi connectivity index (χ0v) is 16.6. The number of nitrogens with zero attached hydrogens (tertiary/aromatic N) is 2. The van der Waals surface area contributed by atoms with Crippen LogP contribution in [-0.2, 0) is 6.54 Å². The maximum Gasteiger partial charge on any atom is 0.191 e. The molecule has 2 aromatic rings. The van der Waals surface area contributed by atoms with Crippen LogP contribution in [0, 0.1) is 11.6 Å². The molecule has 0 spiro atoms. The van der Waals surface area contributed by atoms with Crippen LogP contribution < -0.4 is 20.3 Å². The van der Waals surface area contributed by atoms with Crippen LogP contribution in [0.1, 0.15) is 18.9 Å². The summed E-state index contributed by atoms with van der Waals surface area (Å²) in [5.41, 5.74) is 1.26. The first-order valence-corrected chi connectivity index (χ1v) is 9.61. The van der Waals surface area contributed by atoms with Gasteiger partial charge >= 0.3 is 0 Å². The van der Waals surface area contributed by atoms with Crippen molar-refractivity contribution in [1.29, 1.82) is 0 Å². The van der Waals surface area contributed by atoms with Crippen molar-refractivity contribution in [3.05, 3.63) is 53.6 Å². The summed E-state index contributed by atoms with van der Waals surface area (Å²) >= 11 is 0. The zero-order chi connectivity index (χ0) is 20.8. The van der Waals surface area contributed by atoms with Gasteiger partial charge < -0.3 is 25.4 Å². The molecule has 3 rings (SSSR count). The van der Waals surface area contributed by atoms with E-state index in [1.165, 1.54) is 19.2 Å². The number of ether oxygens (including phenoxy) is 1. The number of hydrogen-bond acceptors (Lipinski definition) is 4. The van der Waals surface area contributed by atoms with Crippen molar-refractivity contribution in [2.45, 2.75) is 25.9 Å². The predicted octanol–water partition coefficient (Wildman–Crippen LogP) is 3.01. The zero-order valence-electron chi connectivity index (χ0n) is 16.6. The lowest BCUT2D eigenvalue weighted by Gasteiger charge is -2.21. The van der Waals surface area contributed by atoms with Crippen LogP contribution in [0.4, 0.5) is 14.5 Å². The van der Waals surface area contributed by atoms with E-state index >= 15 is 0 Å². The Bertz CT molecular complexity index is 876. The van der Waals surface area contributed by atoms with Crippen LogP contribution in [0.15, 0.2) is 41.4 Å². The molecule has 29 heavy (non-hydrogen) atoms. The molecule has 8 heteroatoms. The molecule has 3 N–H and O–H groups in total. The number of halogens is 2. The fourth-order valence-corrected chi connectivity index (χ4v) is 3.35. The highest BCUT2D eigenvalue weighted by Crippen LogP contribution is 2.27. The minimum absolute atomic E-state index is 0.0749. The van der Waals surface area contributed by atoms with Gasteiger partial charge in [-0.3, -0.25) is 0 Å². The third kappa shape index (κ3) is 5.28. The molecule has 0 amide bonds. The summed E-state index contributed by atoms with van der Waals surface area (Å²) in [7, 11) is 1.50. The fraction of sp³-hybridized carbons (Fsp3) is 0.381. The van der Waals surface area contributed by atoms with Gasteiger partial charge in [-0.1, -0.05) is 6.07 Å². The number of anilines is 1. The molecule has 0 aliphatic carbocycles. The third-order valence-corrected chi connectivity index (χ3v) is 4.79. The fourth-order valence-electron chi connectivity index (χ4n) is 3.35. The first kappa shape index (κ1) is 20.7. The molecule has 6 nitrogen and oxygen atoms in total. The van der Waals surface area contributed by atoms with Gasteiger partial charge in [0, 0.05) is 31.7 Å². The van der Waals surface area contributed by atoms with Crippen LogP contribution in [0.25, 0.3) is 0 Å². The van der Waals surface area contributed by atoms with Crippen molar-refractivity contribution in [2.24, 2.45) is 4.99 Å². The molecule has 2 aromatic carbocycles. The van der Waals surface area contributed by atoms with E-state index in [0.29, 0.717) is 43.6 Å². The number of phenolic OH excluding ortho intramolecular Hbond substituents is 1. The van der Waals surface area contributed by atoms with Crippen molar-refractivity contribution in [3.8, 4) is 11.5 Å². The first-order valence-electron chi connectivity index (χ1n) is 9.61. The Kier molecular flexibility index (Phi) is 6.74. The van der Waals surface area contributed by atoms with Gasteiger partial charge in [0.15, 0.2) is 17.5 Å². The summed E-state index contributed by atoms with van der Waals surface area (Å²) in [5, 5.41) is 16.5. The number of guanidine groups is 1. The van der Waals surface area contributed by atoms with Crippen molar-refractivity contribution in [3.63, 3.8) is 0 Å². The molecule has 0 bridgehead atoms. The summed E-state index contributed by atoms with van der Waals surface area (Å²) in [6.07, 6.45) is 0.810. The van der Waals surface area contributed by atoms with Gasteiger partial charge in [0.05, 0.1) is 19.3 Å². The van der Waals surface area contributed by atoms with Gasteiger partial charge in [-0.05, 0) is 43.2 Å². The number of nitrogens with one attached hydrogen (secondary N) is 2. The second-order valence-electron chi connectivity index (χ2n) is 6.87. The van der Waals surface area contributed by atoms with Gasteiger partial charge in [0.25, 0.3) is 0 Å². The second-order valence-corrected chi connectivity index (χ2v) is 6.87. The highest BCUT2D eigenvalue weighted by Gasteiger charge is 2.25. The molecule has 1 fully saturated rings. The minimum atomic E-state index is -0.578. The summed E-state index contributed by atoms with van der Waals surface area (Å²) in [6, 6.07) is 8.91. The van der Waals surface area contributed by atoms with E-state index in [-0.39, 0.29) is 11.8 Å². The largest absolute Gasteiger partial charge is 0.504 e. The average molecular weight is 404 g/mol. The van der Waals surface area contributed by atoms with E-state index in [2.05, 4.69) is 15.6 Å². The van der Waals surface area contributed by atoms with Gasteiger partial charge in [-0.25, -0.2) is 13.8 Å². The molecular formula is C21H26F2N4O2. The molecule has 1 atom stereocenters. The minimum Gasteiger partial charge on any atom is -0.504 e. The van der Waals surface area contributed by atoms with E-state index in [9.17, 15) is 13.9 Å². The Morgan fingerprint density at radius 3 is 2.79 bits per heavy atom. The van der Waals surface area contributed by atoms with Gasteiger partial charge in [0.1, 0.15) is 11.6 Å². The topological polar surface area (TPSA) is 69.1 Å². The smallest absolute Gasteiger partial charge is 0.191 e. The standard InChI is InChI=1S/C21H26F2N4O2/c1-3-24-21(25-12-14-4-7-20(29-2)19(28)10-14)26-16-8-9-27(13-16)18-6-5-15(22)11-17(18)23/h4-7,10-11,16,28H,3,8-9,12-13H2,1-2H3,(H2,24,25,26). The van der Waals surface area contributed by atoms with Gasteiger partial charge in [-0.15, -0.1) is 0 Å². The average Bonchev–Trinajstić information content (AvgIpc) is 3.14. The molecule has 1 aliphatic heterocycles. The van der Waals surface area contributed by atoms with Gasteiger partial charge in [-0.2, -0.15) is 0 Å². The van der Waals surface area contributed by atoms with Crippen molar-refractivity contribution in [2.75, 3.05) is 31.6 Å². The number of phenols is 1. The summed E-state index contributed by atoms with van der Waals surface area (Å²) in [5.74, 6) is 0.0128. The molecule has 0 aromatic heterocycles. The molecule has 156 valence electrons. The lowest BCUT2D eigenvalue weighted by Crippen LogP contribution is -2.44. The normalized spacial score (nSPS) is 16.8. The van der Waals surface area contributed by atoms with Crippen molar-refractivity contribution < 1.29 is 18.6 Å². The van der Waals surface area contributed by atoms with E-state index < -0.39 is 11.6 Å². The second kappa shape index (κ2) is 9.45. The third-order valence-electron chi connectivity index (χ3n) is 4.79. The van der Waals surface area contributed by atoms with Crippen molar-refractivity contribution >= 4 is 11.6 Å². The van der Waals surface area contributed by atoms with Crippen LogP contribution in [-0.4, -0.2) is 43.9 Å². The van der Waals surface area contributed by atoms with E-state index in [4.69, 9.17) is 4.74 Å². The number of aliphatic imine (C=N–C) groups is 1. The summed E-state index contributed by atoms with van der Waals surface area (Å²) in [4.78, 5) is 6.47. The quantitative estimate of drug-likeness (QED) is 0.510. The first-order chi connectivity index (χ1) is 14.0. The van der Waals surface area contributed by atoms with E-state index in [0.717, 1.165) is 18.1 Å². The Balaban J connectivity index is 1.63.